The van der Waals surface area contributed by atoms with Crippen LogP contribution >= 0.6 is 0 Å². The SMILES string of the molecule is COc1cc(N(CC(C)C)CC(C)C)c(N)cc1F. The van der Waals surface area contributed by atoms with Gasteiger partial charge in [0.05, 0.1) is 18.5 Å². The molecule has 0 heterocycles. The van der Waals surface area contributed by atoms with E-state index in [4.69, 9.17) is 10.5 Å². The van der Waals surface area contributed by atoms with Crippen molar-refractivity contribution in [1.29, 1.82) is 0 Å². The molecular formula is C15H25FN2O. The summed E-state index contributed by atoms with van der Waals surface area (Å²) < 4.78 is 18.6. The summed E-state index contributed by atoms with van der Waals surface area (Å²) in [4.78, 5) is 2.20. The molecular weight excluding hydrogens is 243 g/mol. The van der Waals surface area contributed by atoms with Crippen LogP contribution in [0.3, 0.4) is 0 Å². The monoisotopic (exact) mass is 268 g/mol. The summed E-state index contributed by atoms with van der Waals surface area (Å²) in [6.07, 6.45) is 0. The van der Waals surface area contributed by atoms with Crippen molar-refractivity contribution >= 4 is 11.4 Å². The molecule has 19 heavy (non-hydrogen) atoms. The second-order valence-electron chi connectivity index (χ2n) is 5.74. The average molecular weight is 268 g/mol. The first kappa shape index (κ1) is 15.6. The van der Waals surface area contributed by atoms with Gasteiger partial charge >= 0.3 is 0 Å². The first-order valence-corrected chi connectivity index (χ1v) is 6.73. The summed E-state index contributed by atoms with van der Waals surface area (Å²) in [5.74, 6) is 0.836. The van der Waals surface area contributed by atoms with Crippen LogP contribution in [0.4, 0.5) is 15.8 Å². The van der Waals surface area contributed by atoms with Gasteiger partial charge in [0, 0.05) is 25.2 Å². The third-order valence-electron chi connectivity index (χ3n) is 2.81. The number of nitrogen functional groups attached to an aromatic ring is 1. The van der Waals surface area contributed by atoms with Crippen molar-refractivity contribution in [2.24, 2.45) is 11.8 Å². The molecule has 0 saturated heterocycles. The van der Waals surface area contributed by atoms with Gasteiger partial charge in [-0.05, 0) is 11.8 Å². The maximum Gasteiger partial charge on any atom is 0.167 e. The number of anilines is 2. The van der Waals surface area contributed by atoms with Gasteiger partial charge in [-0.2, -0.15) is 0 Å². The number of halogens is 1. The van der Waals surface area contributed by atoms with Crippen LogP contribution in [0, 0.1) is 17.7 Å². The fraction of sp³-hybridized carbons (Fsp3) is 0.600. The van der Waals surface area contributed by atoms with Crippen molar-refractivity contribution in [1.82, 2.24) is 0 Å². The highest BCUT2D eigenvalue weighted by Crippen LogP contribution is 2.31. The van der Waals surface area contributed by atoms with Gasteiger partial charge in [-0.1, -0.05) is 27.7 Å². The number of hydrogen-bond donors (Lipinski definition) is 1. The Labute approximate surface area is 115 Å². The molecule has 0 unspecified atom stereocenters. The van der Waals surface area contributed by atoms with Crippen LogP contribution in [0.5, 0.6) is 5.75 Å². The number of hydrogen-bond acceptors (Lipinski definition) is 3. The lowest BCUT2D eigenvalue weighted by Crippen LogP contribution is -2.32. The van der Waals surface area contributed by atoms with E-state index >= 15 is 0 Å². The largest absolute Gasteiger partial charge is 0.494 e. The van der Waals surface area contributed by atoms with E-state index in [-0.39, 0.29) is 5.75 Å². The lowest BCUT2D eigenvalue weighted by Gasteiger charge is -2.30. The van der Waals surface area contributed by atoms with E-state index in [9.17, 15) is 4.39 Å². The Hall–Kier alpha value is -1.45. The maximum absolute atomic E-state index is 13.6. The van der Waals surface area contributed by atoms with Crippen LogP contribution in [0.1, 0.15) is 27.7 Å². The Kier molecular flexibility index (Phi) is 5.45. The summed E-state index contributed by atoms with van der Waals surface area (Å²) in [5, 5.41) is 0. The smallest absolute Gasteiger partial charge is 0.167 e. The zero-order chi connectivity index (χ0) is 14.6. The van der Waals surface area contributed by atoms with Crippen LogP contribution in [-0.2, 0) is 0 Å². The summed E-state index contributed by atoms with van der Waals surface area (Å²) >= 11 is 0. The van der Waals surface area contributed by atoms with Gasteiger partial charge in [-0.15, -0.1) is 0 Å². The first-order chi connectivity index (χ1) is 8.85. The molecule has 1 aromatic carbocycles. The number of methoxy groups -OCH3 is 1. The van der Waals surface area contributed by atoms with Gasteiger partial charge in [-0.3, -0.25) is 0 Å². The third-order valence-corrected chi connectivity index (χ3v) is 2.81. The minimum atomic E-state index is -0.419. The topological polar surface area (TPSA) is 38.5 Å². The van der Waals surface area contributed by atoms with Crippen molar-refractivity contribution in [2.75, 3.05) is 30.8 Å². The van der Waals surface area contributed by atoms with Crippen molar-refractivity contribution in [3.63, 3.8) is 0 Å². The molecule has 108 valence electrons. The molecule has 0 aromatic heterocycles. The van der Waals surface area contributed by atoms with Gasteiger partial charge in [0.15, 0.2) is 11.6 Å². The second-order valence-corrected chi connectivity index (χ2v) is 5.74. The molecule has 4 heteroatoms. The van der Waals surface area contributed by atoms with E-state index in [1.54, 1.807) is 6.07 Å². The molecule has 1 aromatic rings. The molecule has 0 amide bonds. The van der Waals surface area contributed by atoms with Crippen molar-refractivity contribution in [2.45, 2.75) is 27.7 Å². The van der Waals surface area contributed by atoms with Crippen LogP contribution in [0.25, 0.3) is 0 Å². The van der Waals surface area contributed by atoms with E-state index in [0.29, 0.717) is 17.5 Å². The fourth-order valence-electron chi connectivity index (χ4n) is 2.14. The molecule has 0 aliphatic carbocycles. The number of ether oxygens (including phenoxy) is 1. The lowest BCUT2D eigenvalue weighted by atomic mass is 10.1. The van der Waals surface area contributed by atoms with Gasteiger partial charge in [0.2, 0.25) is 0 Å². The summed E-state index contributed by atoms with van der Waals surface area (Å²) in [5.41, 5.74) is 7.27. The number of nitrogens with two attached hydrogens (primary N) is 1. The van der Waals surface area contributed by atoms with Gasteiger partial charge in [0.25, 0.3) is 0 Å². The zero-order valence-corrected chi connectivity index (χ0v) is 12.5. The molecule has 0 bridgehead atoms. The normalized spacial score (nSPS) is 11.2. The predicted octanol–water partition coefficient (Wildman–Crippen LogP) is 3.53. The van der Waals surface area contributed by atoms with E-state index in [1.807, 2.05) is 0 Å². The van der Waals surface area contributed by atoms with Crippen LogP contribution in [0.15, 0.2) is 12.1 Å². The predicted molar refractivity (Wildman–Crippen MR) is 79.3 cm³/mol. The Morgan fingerprint density at radius 2 is 1.68 bits per heavy atom. The molecule has 0 spiro atoms. The number of benzene rings is 1. The van der Waals surface area contributed by atoms with Crippen LogP contribution in [-0.4, -0.2) is 20.2 Å². The van der Waals surface area contributed by atoms with Crippen molar-refractivity contribution < 1.29 is 9.13 Å². The molecule has 0 saturated carbocycles. The Bertz CT molecular complexity index is 409. The van der Waals surface area contributed by atoms with Crippen LogP contribution < -0.4 is 15.4 Å². The summed E-state index contributed by atoms with van der Waals surface area (Å²) in [6, 6.07) is 3.03. The zero-order valence-electron chi connectivity index (χ0n) is 12.5. The van der Waals surface area contributed by atoms with Gasteiger partial charge in [0.1, 0.15) is 0 Å². The van der Waals surface area contributed by atoms with E-state index < -0.39 is 5.82 Å². The Morgan fingerprint density at radius 1 is 1.16 bits per heavy atom. The third kappa shape index (κ3) is 4.30. The van der Waals surface area contributed by atoms with Crippen LogP contribution in [0.2, 0.25) is 0 Å². The lowest BCUT2D eigenvalue weighted by molar-refractivity contribution is 0.386. The molecule has 2 N–H and O–H groups in total. The summed E-state index contributed by atoms with van der Waals surface area (Å²) in [7, 11) is 1.47. The fourth-order valence-corrected chi connectivity index (χ4v) is 2.14. The number of rotatable bonds is 6. The molecule has 0 radical (unpaired) electrons. The van der Waals surface area contributed by atoms with E-state index in [1.165, 1.54) is 13.2 Å². The minimum Gasteiger partial charge on any atom is -0.494 e. The highest BCUT2D eigenvalue weighted by atomic mass is 19.1. The Morgan fingerprint density at radius 3 is 2.11 bits per heavy atom. The van der Waals surface area contributed by atoms with Gasteiger partial charge < -0.3 is 15.4 Å². The van der Waals surface area contributed by atoms with Crippen molar-refractivity contribution in [3.05, 3.63) is 17.9 Å². The van der Waals surface area contributed by atoms with E-state index in [2.05, 4.69) is 32.6 Å². The molecule has 0 fully saturated rings. The molecule has 0 atom stereocenters. The number of nitrogens with zero attached hydrogens (tertiary/aromatic N) is 1. The standard InChI is InChI=1S/C15H25FN2O/c1-10(2)8-18(9-11(3)4)14-7-15(19-5)12(16)6-13(14)17/h6-7,10-11H,8-9,17H2,1-5H3. The minimum absolute atomic E-state index is 0.238. The molecule has 0 aliphatic heterocycles. The van der Waals surface area contributed by atoms with Crippen molar-refractivity contribution in [3.8, 4) is 5.75 Å². The van der Waals surface area contributed by atoms with Gasteiger partial charge in [-0.25, -0.2) is 4.39 Å². The molecule has 0 aliphatic rings. The highest BCUT2D eigenvalue weighted by molar-refractivity contribution is 5.70. The Balaban J connectivity index is 3.13. The quantitative estimate of drug-likeness (QED) is 0.802. The highest BCUT2D eigenvalue weighted by Gasteiger charge is 2.16. The maximum atomic E-state index is 13.6. The molecule has 1 rings (SSSR count). The molecule has 3 nitrogen and oxygen atoms in total. The summed E-state index contributed by atoms with van der Waals surface area (Å²) in [6.45, 7) is 10.4. The van der Waals surface area contributed by atoms with E-state index in [0.717, 1.165) is 18.8 Å². The average Bonchev–Trinajstić information content (AvgIpc) is 2.27. The second kappa shape index (κ2) is 6.64. The first-order valence-electron chi connectivity index (χ1n) is 6.73.